The molecule has 0 amide bonds. The van der Waals surface area contributed by atoms with Crippen LogP contribution in [0.15, 0.2) is 29.6 Å². The van der Waals surface area contributed by atoms with Gasteiger partial charge in [-0.2, -0.15) is 0 Å². The van der Waals surface area contributed by atoms with Crippen molar-refractivity contribution >= 4 is 23.4 Å². The van der Waals surface area contributed by atoms with Gasteiger partial charge in [-0.3, -0.25) is 0 Å². The average molecular weight is 287 g/mol. The fraction of sp³-hybridized carbons (Fsp3) is 0.250. The fourth-order valence-electron chi connectivity index (χ4n) is 1.49. The van der Waals surface area contributed by atoms with Gasteiger partial charge < -0.3 is 9.67 Å². The lowest BCUT2D eigenvalue weighted by molar-refractivity contribution is 0.271. The van der Waals surface area contributed by atoms with Crippen LogP contribution in [0.2, 0.25) is 5.02 Å². The molecule has 0 atom stereocenters. The molecule has 0 fully saturated rings. The van der Waals surface area contributed by atoms with Crippen LogP contribution in [0, 0.1) is 5.82 Å². The van der Waals surface area contributed by atoms with Crippen molar-refractivity contribution in [2.24, 2.45) is 7.05 Å². The molecule has 0 unspecified atom stereocenters. The Balaban J connectivity index is 2.09. The van der Waals surface area contributed by atoms with Crippen molar-refractivity contribution in [3.8, 4) is 0 Å². The molecule has 6 heteroatoms. The summed E-state index contributed by atoms with van der Waals surface area (Å²) >= 11 is 7.44. The van der Waals surface area contributed by atoms with Crippen molar-refractivity contribution in [2.45, 2.75) is 17.5 Å². The molecule has 96 valence electrons. The lowest BCUT2D eigenvalue weighted by atomic mass is 10.2. The van der Waals surface area contributed by atoms with Crippen molar-refractivity contribution < 1.29 is 9.50 Å². The van der Waals surface area contributed by atoms with Crippen molar-refractivity contribution in [3.63, 3.8) is 0 Å². The highest BCUT2D eigenvalue weighted by atomic mass is 35.5. The van der Waals surface area contributed by atoms with Gasteiger partial charge in [-0.25, -0.2) is 9.37 Å². The van der Waals surface area contributed by atoms with E-state index in [1.165, 1.54) is 23.9 Å². The second-order valence-electron chi connectivity index (χ2n) is 3.77. The lowest BCUT2D eigenvalue weighted by Crippen LogP contribution is -1.97. The fourth-order valence-corrected chi connectivity index (χ4v) is 2.78. The summed E-state index contributed by atoms with van der Waals surface area (Å²) in [5.74, 6) is 0.266. The molecular weight excluding hydrogens is 275 g/mol. The minimum absolute atomic E-state index is 0.0403. The number of aliphatic hydroxyl groups excluding tert-OH is 1. The van der Waals surface area contributed by atoms with E-state index in [9.17, 15) is 4.39 Å². The minimum atomic E-state index is -0.340. The predicted molar refractivity (Wildman–Crippen MR) is 70.1 cm³/mol. The van der Waals surface area contributed by atoms with Gasteiger partial charge in [-0.15, -0.1) is 0 Å². The van der Waals surface area contributed by atoms with Gasteiger partial charge >= 0.3 is 0 Å². The van der Waals surface area contributed by atoms with Gasteiger partial charge in [0.2, 0.25) is 0 Å². The summed E-state index contributed by atoms with van der Waals surface area (Å²) < 4.78 is 14.7. The maximum Gasteiger partial charge on any atom is 0.168 e. The quantitative estimate of drug-likeness (QED) is 0.878. The first-order chi connectivity index (χ1) is 8.61. The molecule has 0 saturated heterocycles. The van der Waals surface area contributed by atoms with E-state index in [-0.39, 0.29) is 12.4 Å². The smallest absolute Gasteiger partial charge is 0.168 e. The number of hydrogen-bond donors (Lipinski definition) is 1. The number of aliphatic hydroxyl groups is 1. The van der Waals surface area contributed by atoms with Gasteiger partial charge in [-0.1, -0.05) is 29.4 Å². The number of nitrogens with zero attached hydrogens (tertiary/aromatic N) is 2. The third-order valence-corrected chi connectivity index (χ3v) is 4.02. The van der Waals surface area contributed by atoms with E-state index < -0.39 is 0 Å². The summed E-state index contributed by atoms with van der Waals surface area (Å²) in [6.07, 6.45) is 1.63. The van der Waals surface area contributed by atoms with Crippen LogP contribution >= 0.6 is 23.4 Å². The van der Waals surface area contributed by atoms with Crippen LogP contribution in [0.4, 0.5) is 4.39 Å². The molecular formula is C12H12ClFN2OS. The van der Waals surface area contributed by atoms with E-state index in [0.717, 1.165) is 16.4 Å². The molecule has 1 N–H and O–H groups in total. The van der Waals surface area contributed by atoms with Crippen LogP contribution in [0.5, 0.6) is 0 Å². The second kappa shape index (κ2) is 5.73. The van der Waals surface area contributed by atoms with E-state index in [2.05, 4.69) is 4.98 Å². The highest BCUT2D eigenvalue weighted by Gasteiger charge is 2.08. The Hall–Kier alpha value is -1.04. The largest absolute Gasteiger partial charge is 0.390 e. The normalized spacial score (nSPS) is 10.9. The molecule has 0 aliphatic carbocycles. The van der Waals surface area contributed by atoms with Crippen LogP contribution in [0.3, 0.4) is 0 Å². The summed E-state index contributed by atoms with van der Waals surface area (Å²) in [5, 5.41) is 10.3. The Morgan fingerprint density at radius 3 is 2.89 bits per heavy atom. The molecule has 2 aromatic rings. The van der Waals surface area contributed by atoms with Crippen molar-refractivity contribution in [3.05, 3.63) is 46.5 Å². The second-order valence-corrected chi connectivity index (χ2v) is 5.12. The van der Waals surface area contributed by atoms with Crippen molar-refractivity contribution in [2.75, 3.05) is 0 Å². The first-order valence-electron chi connectivity index (χ1n) is 5.30. The monoisotopic (exact) mass is 286 g/mol. The maximum atomic E-state index is 12.9. The van der Waals surface area contributed by atoms with Crippen molar-refractivity contribution in [1.29, 1.82) is 0 Å². The van der Waals surface area contributed by atoms with E-state index >= 15 is 0 Å². The van der Waals surface area contributed by atoms with Crippen LogP contribution in [0.1, 0.15) is 11.3 Å². The Morgan fingerprint density at radius 1 is 1.50 bits per heavy atom. The molecule has 2 rings (SSSR count). The van der Waals surface area contributed by atoms with E-state index in [4.69, 9.17) is 16.7 Å². The first kappa shape index (κ1) is 13.4. The van der Waals surface area contributed by atoms with Gasteiger partial charge in [0.15, 0.2) is 5.16 Å². The van der Waals surface area contributed by atoms with Gasteiger partial charge in [0, 0.05) is 17.8 Å². The molecule has 18 heavy (non-hydrogen) atoms. The molecule has 1 aromatic heterocycles. The molecule has 0 saturated carbocycles. The highest BCUT2D eigenvalue weighted by Crippen LogP contribution is 2.26. The molecule has 1 heterocycles. The van der Waals surface area contributed by atoms with Gasteiger partial charge in [0.1, 0.15) is 5.82 Å². The summed E-state index contributed by atoms with van der Waals surface area (Å²) in [5.41, 5.74) is 1.61. The highest BCUT2D eigenvalue weighted by molar-refractivity contribution is 7.98. The zero-order valence-electron chi connectivity index (χ0n) is 9.73. The number of imidazole rings is 1. The molecule has 0 aliphatic rings. The Labute approximate surface area is 114 Å². The van der Waals surface area contributed by atoms with E-state index in [1.807, 2.05) is 11.6 Å². The number of benzene rings is 1. The molecule has 0 spiro atoms. The van der Waals surface area contributed by atoms with Crippen LogP contribution in [-0.4, -0.2) is 14.7 Å². The number of aromatic nitrogens is 2. The molecule has 1 aromatic carbocycles. The SMILES string of the molecule is Cn1c(CO)cnc1SCc1ccc(F)cc1Cl. The summed E-state index contributed by atoms with van der Waals surface area (Å²) in [7, 11) is 1.84. The van der Waals surface area contributed by atoms with Gasteiger partial charge in [-0.05, 0) is 17.7 Å². The zero-order valence-corrected chi connectivity index (χ0v) is 11.3. The van der Waals surface area contributed by atoms with E-state index in [1.54, 1.807) is 12.3 Å². The van der Waals surface area contributed by atoms with Crippen molar-refractivity contribution in [1.82, 2.24) is 9.55 Å². The Morgan fingerprint density at radius 2 is 2.28 bits per heavy atom. The zero-order chi connectivity index (χ0) is 13.1. The predicted octanol–water partition coefficient (Wildman–Crippen LogP) is 3.00. The Kier molecular flexibility index (Phi) is 4.27. The number of halogens is 2. The number of hydrogen-bond acceptors (Lipinski definition) is 3. The minimum Gasteiger partial charge on any atom is -0.390 e. The number of thioether (sulfide) groups is 1. The van der Waals surface area contributed by atoms with Crippen LogP contribution in [-0.2, 0) is 19.4 Å². The topological polar surface area (TPSA) is 38.0 Å². The third kappa shape index (κ3) is 2.85. The standard InChI is InChI=1S/C12H12ClFN2OS/c1-16-10(6-17)5-15-12(16)18-7-8-2-3-9(14)4-11(8)13/h2-5,17H,6-7H2,1H3. The van der Waals surface area contributed by atoms with Gasteiger partial charge in [0.05, 0.1) is 18.5 Å². The van der Waals surface area contributed by atoms with Gasteiger partial charge in [0.25, 0.3) is 0 Å². The summed E-state index contributed by atoms with van der Waals surface area (Å²) in [4.78, 5) is 4.20. The van der Waals surface area contributed by atoms with Crippen LogP contribution in [0.25, 0.3) is 0 Å². The lowest BCUT2D eigenvalue weighted by Gasteiger charge is -2.05. The molecule has 3 nitrogen and oxygen atoms in total. The summed E-state index contributed by atoms with van der Waals surface area (Å²) in [6, 6.07) is 4.36. The first-order valence-corrected chi connectivity index (χ1v) is 6.66. The molecule has 0 bridgehead atoms. The summed E-state index contributed by atoms with van der Waals surface area (Å²) in [6.45, 7) is -0.0403. The third-order valence-electron chi connectivity index (χ3n) is 2.58. The molecule has 0 radical (unpaired) electrons. The Bertz CT molecular complexity index is 559. The van der Waals surface area contributed by atoms with Crippen LogP contribution < -0.4 is 0 Å². The van der Waals surface area contributed by atoms with E-state index in [0.29, 0.717) is 10.8 Å². The molecule has 0 aliphatic heterocycles. The number of rotatable bonds is 4. The maximum absolute atomic E-state index is 12.9. The average Bonchev–Trinajstić information content (AvgIpc) is 2.69.